The fourth-order valence-corrected chi connectivity index (χ4v) is 2.31. The van der Waals surface area contributed by atoms with E-state index in [1.165, 1.54) is 17.2 Å². The van der Waals surface area contributed by atoms with Gasteiger partial charge < -0.3 is 15.0 Å². The van der Waals surface area contributed by atoms with Crippen LogP contribution in [0.3, 0.4) is 0 Å². The third-order valence-electron chi connectivity index (χ3n) is 3.36. The monoisotopic (exact) mass is 283 g/mol. The number of H-pyrrole nitrogens is 1. The van der Waals surface area contributed by atoms with Crippen molar-refractivity contribution in [2.75, 3.05) is 14.1 Å². The predicted molar refractivity (Wildman–Crippen MR) is 78.6 cm³/mol. The molecule has 2 aromatic heterocycles. The molecule has 0 saturated heterocycles. The van der Waals surface area contributed by atoms with Gasteiger partial charge in [-0.15, -0.1) is 0 Å². The van der Waals surface area contributed by atoms with Crippen LogP contribution in [0.25, 0.3) is 21.8 Å². The van der Waals surface area contributed by atoms with Crippen LogP contribution in [0.4, 0.5) is 0 Å². The number of carbonyl (C=O) groups is 2. The first-order chi connectivity index (χ1) is 9.97. The maximum absolute atomic E-state index is 12.0. The van der Waals surface area contributed by atoms with Gasteiger partial charge in [-0.3, -0.25) is 4.79 Å². The number of aromatic nitrogens is 2. The van der Waals surface area contributed by atoms with Crippen molar-refractivity contribution in [3.63, 3.8) is 0 Å². The Balaban J connectivity index is 2.27. The lowest BCUT2D eigenvalue weighted by molar-refractivity contribution is 0.0690. The molecule has 6 nitrogen and oxygen atoms in total. The van der Waals surface area contributed by atoms with Gasteiger partial charge in [0.1, 0.15) is 5.69 Å². The van der Waals surface area contributed by atoms with E-state index in [2.05, 4.69) is 9.97 Å². The van der Waals surface area contributed by atoms with Crippen LogP contribution in [-0.4, -0.2) is 45.9 Å². The molecule has 3 rings (SSSR count). The summed E-state index contributed by atoms with van der Waals surface area (Å²) in [6, 6.07) is 6.83. The van der Waals surface area contributed by atoms with Gasteiger partial charge in [0.05, 0.1) is 11.7 Å². The maximum Gasteiger partial charge on any atom is 0.354 e. The van der Waals surface area contributed by atoms with Gasteiger partial charge in [0.2, 0.25) is 0 Å². The van der Waals surface area contributed by atoms with Crippen molar-refractivity contribution in [3.05, 3.63) is 41.7 Å². The Morgan fingerprint density at radius 2 is 1.86 bits per heavy atom. The molecule has 0 saturated carbocycles. The van der Waals surface area contributed by atoms with Crippen LogP contribution in [-0.2, 0) is 0 Å². The molecule has 0 aliphatic carbocycles. The first-order valence-corrected chi connectivity index (χ1v) is 6.34. The average molecular weight is 283 g/mol. The van der Waals surface area contributed by atoms with E-state index in [9.17, 15) is 9.59 Å². The molecule has 2 N–H and O–H groups in total. The zero-order chi connectivity index (χ0) is 15.1. The van der Waals surface area contributed by atoms with Crippen molar-refractivity contribution >= 4 is 33.7 Å². The lowest BCUT2D eigenvalue weighted by Crippen LogP contribution is -2.21. The lowest BCUT2D eigenvalue weighted by atomic mass is 10.1. The minimum absolute atomic E-state index is 0.0206. The summed E-state index contributed by atoms with van der Waals surface area (Å²) < 4.78 is 0. The van der Waals surface area contributed by atoms with Crippen molar-refractivity contribution in [2.24, 2.45) is 0 Å². The molecule has 0 unspecified atom stereocenters. The van der Waals surface area contributed by atoms with Crippen molar-refractivity contribution in [1.82, 2.24) is 14.9 Å². The standard InChI is InChI=1S/C15H13N3O3/c1-18(2)14(19)8-3-4-11-9(5-8)10-6-12(15(20)21)16-7-13(10)17-11/h3-7,17H,1-2H3,(H,20,21). The summed E-state index contributed by atoms with van der Waals surface area (Å²) in [5.74, 6) is -1.18. The van der Waals surface area contributed by atoms with E-state index in [1.807, 2.05) is 6.07 Å². The highest BCUT2D eigenvalue weighted by atomic mass is 16.4. The van der Waals surface area contributed by atoms with Crippen LogP contribution in [0.2, 0.25) is 0 Å². The van der Waals surface area contributed by atoms with Crippen LogP contribution in [0, 0.1) is 0 Å². The molecule has 0 aliphatic rings. The number of aromatic carboxylic acids is 1. The van der Waals surface area contributed by atoms with E-state index in [4.69, 9.17) is 5.11 Å². The second-order valence-corrected chi connectivity index (χ2v) is 5.01. The number of carbonyl (C=O) groups excluding carboxylic acids is 1. The number of nitrogens with zero attached hydrogens (tertiary/aromatic N) is 2. The fourth-order valence-electron chi connectivity index (χ4n) is 2.31. The zero-order valence-corrected chi connectivity index (χ0v) is 11.5. The molecular formula is C15H13N3O3. The Labute approximate surface area is 120 Å². The van der Waals surface area contributed by atoms with Gasteiger partial charge in [0.15, 0.2) is 0 Å². The van der Waals surface area contributed by atoms with Gasteiger partial charge in [-0.1, -0.05) is 0 Å². The van der Waals surface area contributed by atoms with Crippen molar-refractivity contribution in [1.29, 1.82) is 0 Å². The summed E-state index contributed by atoms with van der Waals surface area (Å²) in [5, 5.41) is 10.6. The normalized spacial score (nSPS) is 11.0. The fraction of sp³-hybridized carbons (Fsp3) is 0.133. The third kappa shape index (κ3) is 2.10. The number of hydrogen-bond donors (Lipinski definition) is 2. The van der Waals surface area contributed by atoms with Crippen LogP contribution >= 0.6 is 0 Å². The number of benzene rings is 1. The quantitative estimate of drug-likeness (QED) is 0.754. The Morgan fingerprint density at radius 3 is 2.52 bits per heavy atom. The van der Waals surface area contributed by atoms with Crippen LogP contribution in [0.15, 0.2) is 30.5 Å². The molecule has 106 valence electrons. The number of carboxylic acid groups (broad SMARTS) is 1. The summed E-state index contributed by atoms with van der Waals surface area (Å²) in [5.41, 5.74) is 2.11. The van der Waals surface area contributed by atoms with Crippen LogP contribution < -0.4 is 0 Å². The Kier molecular flexibility index (Phi) is 2.86. The van der Waals surface area contributed by atoms with Gasteiger partial charge in [-0.05, 0) is 24.3 Å². The Morgan fingerprint density at radius 1 is 1.14 bits per heavy atom. The van der Waals surface area contributed by atoms with E-state index in [0.717, 1.165) is 21.8 Å². The zero-order valence-electron chi connectivity index (χ0n) is 11.5. The lowest BCUT2D eigenvalue weighted by Gasteiger charge is -2.09. The van der Waals surface area contributed by atoms with E-state index in [-0.39, 0.29) is 11.6 Å². The summed E-state index contributed by atoms with van der Waals surface area (Å²) in [4.78, 5) is 31.6. The van der Waals surface area contributed by atoms with E-state index < -0.39 is 5.97 Å². The first kappa shape index (κ1) is 13.1. The topological polar surface area (TPSA) is 86.3 Å². The number of aromatic amines is 1. The van der Waals surface area contributed by atoms with E-state index >= 15 is 0 Å². The molecular weight excluding hydrogens is 270 g/mol. The molecule has 0 bridgehead atoms. The van der Waals surface area contributed by atoms with Gasteiger partial charge >= 0.3 is 5.97 Å². The number of nitrogens with one attached hydrogen (secondary N) is 1. The Hall–Kier alpha value is -2.89. The summed E-state index contributed by atoms with van der Waals surface area (Å²) >= 11 is 0. The van der Waals surface area contributed by atoms with Gasteiger partial charge in [0.25, 0.3) is 5.91 Å². The van der Waals surface area contributed by atoms with Crippen molar-refractivity contribution < 1.29 is 14.7 Å². The predicted octanol–water partition coefficient (Wildman–Crippen LogP) is 2.12. The number of hydrogen-bond acceptors (Lipinski definition) is 3. The molecule has 0 aliphatic heterocycles. The second kappa shape index (κ2) is 4.59. The first-order valence-electron chi connectivity index (χ1n) is 6.34. The summed E-state index contributed by atoms with van der Waals surface area (Å²) in [6.45, 7) is 0. The third-order valence-corrected chi connectivity index (χ3v) is 3.36. The number of fused-ring (bicyclic) bond motifs is 3. The molecule has 6 heteroatoms. The van der Waals surface area contributed by atoms with Crippen molar-refractivity contribution in [3.8, 4) is 0 Å². The number of pyridine rings is 1. The van der Waals surface area contributed by atoms with Gasteiger partial charge in [-0.2, -0.15) is 0 Å². The van der Waals surface area contributed by atoms with Crippen molar-refractivity contribution in [2.45, 2.75) is 0 Å². The van der Waals surface area contributed by atoms with Gasteiger partial charge in [0, 0.05) is 35.9 Å². The molecule has 3 aromatic rings. The molecule has 21 heavy (non-hydrogen) atoms. The number of rotatable bonds is 2. The highest BCUT2D eigenvalue weighted by Crippen LogP contribution is 2.26. The smallest absolute Gasteiger partial charge is 0.354 e. The molecule has 1 amide bonds. The van der Waals surface area contributed by atoms with Crippen LogP contribution in [0.5, 0.6) is 0 Å². The SMILES string of the molecule is CN(C)C(=O)c1ccc2[nH]c3cnc(C(=O)O)cc3c2c1. The largest absolute Gasteiger partial charge is 0.477 e. The highest BCUT2D eigenvalue weighted by Gasteiger charge is 2.13. The van der Waals surface area contributed by atoms with Gasteiger partial charge in [-0.25, -0.2) is 9.78 Å². The highest BCUT2D eigenvalue weighted by molar-refractivity contribution is 6.10. The molecule has 0 radical (unpaired) electrons. The summed E-state index contributed by atoms with van der Waals surface area (Å²) in [6.07, 6.45) is 1.49. The number of carboxylic acids is 1. The Bertz CT molecular complexity index is 880. The molecule has 2 heterocycles. The minimum atomic E-state index is -1.08. The van der Waals surface area contributed by atoms with E-state index in [1.54, 1.807) is 26.2 Å². The maximum atomic E-state index is 12.0. The minimum Gasteiger partial charge on any atom is -0.477 e. The molecule has 0 atom stereocenters. The number of amides is 1. The second-order valence-electron chi connectivity index (χ2n) is 5.01. The van der Waals surface area contributed by atoms with E-state index in [0.29, 0.717) is 5.56 Å². The molecule has 0 spiro atoms. The average Bonchev–Trinajstić information content (AvgIpc) is 2.82. The summed E-state index contributed by atoms with van der Waals surface area (Å²) in [7, 11) is 3.38. The molecule has 1 aromatic carbocycles. The van der Waals surface area contributed by atoms with Crippen LogP contribution in [0.1, 0.15) is 20.8 Å². The molecule has 0 fully saturated rings.